The van der Waals surface area contributed by atoms with Crippen LogP contribution in [-0.2, 0) is 9.59 Å². The first-order valence-electron chi connectivity index (χ1n) is 4.99. The maximum Gasteiger partial charge on any atom is 0.326 e. The Labute approximate surface area is 102 Å². The van der Waals surface area contributed by atoms with Gasteiger partial charge in [-0.25, -0.2) is 4.79 Å². The number of carbonyl (C=O) groups is 2. The summed E-state index contributed by atoms with van der Waals surface area (Å²) in [6.45, 7) is -0.286. The van der Waals surface area contributed by atoms with Crippen molar-refractivity contribution in [2.75, 3.05) is 6.61 Å². The minimum Gasteiger partial charge on any atom is -0.480 e. The van der Waals surface area contributed by atoms with Crippen LogP contribution >= 0.6 is 11.3 Å². The first kappa shape index (κ1) is 13.4. The average molecular weight is 255 g/mol. The number of hydrogen-bond acceptors (Lipinski definition) is 4. The molecule has 0 fully saturated rings. The maximum absolute atomic E-state index is 11.4. The zero-order valence-electron chi connectivity index (χ0n) is 9.00. The van der Waals surface area contributed by atoms with E-state index in [1.54, 1.807) is 6.08 Å². The average Bonchev–Trinajstić information content (AvgIpc) is 2.78. The molecular formula is C11H13NO4S. The Kier molecular flexibility index (Phi) is 5.38. The Morgan fingerprint density at radius 3 is 2.82 bits per heavy atom. The molecule has 6 heteroatoms. The summed E-state index contributed by atoms with van der Waals surface area (Å²) in [6.07, 6.45) is 2.88. The summed E-state index contributed by atoms with van der Waals surface area (Å²) in [7, 11) is 0. The Morgan fingerprint density at radius 1 is 1.53 bits per heavy atom. The number of aliphatic hydroxyl groups is 1. The Hall–Kier alpha value is -1.66. The number of carbonyl (C=O) groups excluding carboxylic acids is 1. The normalized spacial score (nSPS) is 12.5. The second-order valence-electron chi connectivity index (χ2n) is 3.26. The Balaban J connectivity index is 2.50. The molecule has 17 heavy (non-hydrogen) atoms. The van der Waals surface area contributed by atoms with Crippen LogP contribution in [-0.4, -0.2) is 34.7 Å². The molecule has 0 saturated heterocycles. The number of aliphatic carboxylic acids is 1. The van der Waals surface area contributed by atoms with Crippen LogP contribution in [0.4, 0.5) is 0 Å². The van der Waals surface area contributed by atoms with Crippen molar-refractivity contribution < 1.29 is 19.8 Å². The molecule has 1 rings (SSSR count). The monoisotopic (exact) mass is 255 g/mol. The number of carboxylic acids is 1. The highest BCUT2D eigenvalue weighted by Crippen LogP contribution is 2.09. The summed E-state index contributed by atoms with van der Waals surface area (Å²) in [5.41, 5.74) is 0. The molecule has 0 aromatic carbocycles. The van der Waals surface area contributed by atoms with Gasteiger partial charge >= 0.3 is 5.97 Å². The zero-order chi connectivity index (χ0) is 12.7. The lowest BCUT2D eigenvalue weighted by molar-refractivity contribution is -0.141. The van der Waals surface area contributed by atoms with Gasteiger partial charge in [0.2, 0.25) is 5.91 Å². The summed E-state index contributed by atoms with van der Waals surface area (Å²) in [4.78, 5) is 23.0. The molecule has 1 heterocycles. The highest BCUT2D eigenvalue weighted by atomic mass is 32.1. The number of aliphatic hydroxyl groups excluding tert-OH is 1. The molecule has 0 aliphatic carbocycles. The third-order valence-electron chi connectivity index (χ3n) is 1.97. The van der Waals surface area contributed by atoms with Crippen molar-refractivity contribution in [1.82, 2.24) is 5.32 Å². The first-order chi connectivity index (χ1) is 8.13. The van der Waals surface area contributed by atoms with Gasteiger partial charge in [-0.3, -0.25) is 4.79 Å². The van der Waals surface area contributed by atoms with E-state index in [1.807, 2.05) is 17.5 Å². The lowest BCUT2D eigenvalue weighted by atomic mass is 10.2. The van der Waals surface area contributed by atoms with Crippen LogP contribution in [0.25, 0.3) is 6.08 Å². The standard InChI is InChI=1S/C11H13NO4S/c13-6-5-9(11(15)16)12-10(14)4-3-8-2-1-7-17-8/h1-4,7,9,13H,5-6H2,(H,12,14)(H,15,16)/b4-3+/t9-/m0/s1. The SMILES string of the molecule is O=C(/C=C/c1cccs1)N[C@@H](CCO)C(=O)O. The summed E-state index contributed by atoms with van der Waals surface area (Å²) in [5, 5.41) is 21.6. The molecular weight excluding hydrogens is 242 g/mol. The maximum atomic E-state index is 11.4. The molecule has 0 unspecified atom stereocenters. The van der Waals surface area contributed by atoms with E-state index in [1.165, 1.54) is 17.4 Å². The van der Waals surface area contributed by atoms with Gasteiger partial charge in [0.05, 0.1) is 0 Å². The molecule has 1 aromatic heterocycles. The number of amides is 1. The molecule has 1 amide bonds. The molecule has 0 radical (unpaired) electrons. The van der Waals surface area contributed by atoms with E-state index in [9.17, 15) is 9.59 Å². The highest BCUT2D eigenvalue weighted by Gasteiger charge is 2.17. The van der Waals surface area contributed by atoms with Crippen LogP contribution in [0.2, 0.25) is 0 Å². The van der Waals surface area contributed by atoms with Crippen molar-refractivity contribution in [2.24, 2.45) is 0 Å². The van der Waals surface area contributed by atoms with Crippen LogP contribution in [0.5, 0.6) is 0 Å². The van der Waals surface area contributed by atoms with Gasteiger partial charge in [0.1, 0.15) is 6.04 Å². The summed E-state index contributed by atoms with van der Waals surface area (Å²) >= 11 is 1.48. The van der Waals surface area contributed by atoms with Gasteiger partial charge in [-0.1, -0.05) is 6.07 Å². The van der Waals surface area contributed by atoms with Crippen molar-refractivity contribution in [1.29, 1.82) is 0 Å². The van der Waals surface area contributed by atoms with Crippen molar-refractivity contribution in [3.8, 4) is 0 Å². The predicted molar refractivity (Wildman–Crippen MR) is 64.6 cm³/mol. The number of rotatable bonds is 6. The van der Waals surface area contributed by atoms with Crippen molar-refractivity contribution in [3.05, 3.63) is 28.5 Å². The van der Waals surface area contributed by atoms with Crippen molar-refractivity contribution in [3.63, 3.8) is 0 Å². The second-order valence-corrected chi connectivity index (χ2v) is 4.24. The fourth-order valence-corrected chi connectivity index (χ4v) is 1.77. The number of nitrogens with one attached hydrogen (secondary N) is 1. The molecule has 0 aliphatic heterocycles. The number of carboxylic acid groups (broad SMARTS) is 1. The summed E-state index contributed by atoms with van der Waals surface area (Å²) in [5.74, 6) is -1.64. The zero-order valence-corrected chi connectivity index (χ0v) is 9.81. The van der Waals surface area contributed by atoms with Crippen LogP contribution in [0.3, 0.4) is 0 Å². The molecule has 0 aliphatic rings. The Morgan fingerprint density at radius 2 is 2.29 bits per heavy atom. The van der Waals surface area contributed by atoms with E-state index in [0.717, 1.165) is 4.88 Å². The minimum atomic E-state index is -1.16. The van der Waals surface area contributed by atoms with E-state index >= 15 is 0 Å². The molecule has 1 atom stereocenters. The van der Waals surface area contributed by atoms with E-state index in [0.29, 0.717) is 0 Å². The van der Waals surface area contributed by atoms with Crippen LogP contribution < -0.4 is 5.32 Å². The van der Waals surface area contributed by atoms with Gasteiger partial charge in [-0.05, 0) is 17.5 Å². The number of hydrogen-bond donors (Lipinski definition) is 3. The third-order valence-corrected chi connectivity index (χ3v) is 2.81. The quantitative estimate of drug-likeness (QED) is 0.653. The lowest BCUT2D eigenvalue weighted by Crippen LogP contribution is -2.40. The van der Waals surface area contributed by atoms with Crippen molar-refractivity contribution in [2.45, 2.75) is 12.5 Å². The highest BCUT2D eigenvalue weighted by molar-refractivity contribution is 7.10. The van der Waals surface area contributed by atoms with E-state index in [4.69, 9.17) is 10.2 Å². The van der Waals surface area contributed by atoms with Crippen LogP contribution in [0.1, 0.15) is 11.3 Å². The van der Waals surface area contributed by atoms with E-state index < -0.39 is 17.9 Å². The fraction of sp³-hybridized carbons (Fsp3) is 0.273. The van der Waals surface area contributed by atoms with E-state index in [2.05, 4.69) is 5.32 Å². The smallest absolute Gasteiger partial charge is 0.326 e. The molecule has 1 aromatic rings. The van der Waals surface area contributed by atoms with E-state index in [-0.39, 0.29) is 13.0 Å². The van der Waals surface area contributed by atoms with Gasteiger partial charge in [0.25, 0.3) is 0 Å². The molecule has 0 bridgehead atoms. The van der Waals surface area contributed by atoms with Gasteiger partial charge in [0.15, 0.2) is 0 Å². The second kappa shape index (κ2) is 6.82. The van der Waals surface area contributed by atoms with Gasteiger partial charge in [0, 0.05) is 24.0 Å². The van der Waals surface area contributed by atoms with Crippen LogP contribution in [0.15, 0.2) is 23.6 Å². The van der Waals surface area contributed by atoms with Gasteiger partial charge < -0.3 is 15.5 Å². The largest absolute Gasteiger partial charge is 0.480 e. The fourth-order valence-electron chi connectivity index (χ4n) is 1.15. The van der Waals surface area contributed by atoms with Crippen molar-refractivity contribution >= 4 is 29.3 Å². The predicted octanol–water partition coefficient (Wildman–Crippen LogP) is 0.713. The third kappa shape index (κ3) is 4.80. The Bertz CT molecular complexity index is 400. The van der Waals surface area contributed by atoms with Gasteiger partial charge in [-0.2, -0.15) is 0 Å². The molecule has 0 spiro atoms. The topological polar surface area (TPSA) is 86.6 Å². The lowest BCUT2D eigenvalue weighted by Gasteiger charge is -2.10. The molecule has 0 saturated carbocycles. The van der Waals surface area contributed by atoms with Crippen LogP contribution in [0, 0.1) is 0 Å². The summed E-state index contributed by atoms with van der Waals surface area (Å²) < 4.78 is 0. The minimum absolute atomic E-state index is 0.00604. The molecule has 5 nitrogen and oxygen atoms in total. The first-order valence-corrected chi connectivity index (χ1v) is 5.87. The molecule has 3 N–H and O–H groups in total. The number of thiophene rings is 1. The van der Waals surface area contributed by atoms with Gasteiger partial charge in [-0.15, -0.1) is 11.3 Å². The molecule has 92 valence electrons. The summed E-state index contributed by atoms with van der Waals surface area (Å²) in [6, 6.07) is 2.64.